The van der Waals surface area contributed by atoms with Gasteiger partial charge in [0.25, 0.3) is 0 Å². The molecule has 1 amide bonds. The van der Waals surface area contributed by atoms with E-state index in [1.165, 1.54) is 7.11 Å². The van der Waals surface area contributed by atoms with E-state index in [0.717, 1.165) is 0 Å². The number of anilines is 1. The van der Waals surface area contributed by atoms with Crippen LogP contribution >= 0.6 is 11.6 Å². The molecule has 110 valence electrons. The molecule has 7 heteroatoms. The molecule has 2 N–H and O–H groups in total. The molecule has 0 atom stereocenters. The smallest absolute Gasteiger partial charge is 0.304 e. The molecule has 0 radical (unpaired) electrons. The Balaban J connectivity index is 2.57. The number of aliphatic carboxylic acids is 1. The van der Waals surface area contributed by atoms with E-state index >= 15 is 0 Å². The molecule has 0 bridgehead atoms. The van der Waals surface area contributed by atoms with Gasteiger partial charge in [-0.1, -0.05) is 11.6 Å². The van der Waals surface area contributed by atoms with Crippen LogP contribution in [0, 0.1) is 0 Å². The van der Waals surface area contributed by atoms with E-state index in [2.05, 4.69) is 5.32 Å². The third kappa shape index (κ3) is 5.46. The minimum absolute atomic E-state index is 0.00966. The van der Waals surface area contributed by atoms with Crippen molar-refractivity contribution in [3.05, 3.63) is 23.2 Å². The largest absolute Gasteiger partial charge is 0.495 e. The van der Waals surface area contributed by atoms with Gasteiger partial charge in [-0.15, -0.1) is 0 Å². The predicted molar refractivity (Wildman–Crippen MR) is 76.4 cm³/mol. The maximum absolute atomic E-state index is 11.8. The van der Waals surface area contributed by atoms with Crippen LogP contribution in [0.4, 0.5) is 5.69 Å². The summed E-state index contributed by atoms with van der Waals surface area (Å²) in [5, 5.41) is 11.7. The summed E-state index contributed by atoms with van der Waals surface area (Å²) in [4.78, 5) is 23.9. The molecule has 20 heavy (non-hydrogen) atoms. The normalized spacial score (nSPS) is 10.4. The molecule has 0 saturated heterocycles. The number of carbonyl (C=O) groups is 2. The number of amides is 1. The Labute approximate surface area is 122 Å². The molecule has 0 unspecified atom stereocenters. The Bertz CT molecular complexity index is 493. The molecule has 0 aliphatic carbocycles. The quantitative estimate of drug-likeness (QED) is 0.801. The highest BCUT2D eigenvalue weighted by atomic mass is 35.5. The number of nitrogens with zero attached hydrogens (tertiary/aromatic N) is 1. The monoisotopic (exact) mass is 300 g/mol. The standard InChI is InChI=1S/C13H17ClN2O4/c1-16(6-5-13(18)19)8-12(17)15-10-7-9(14)3-4-11(10)20-2/h3-4,7H,5-6,8H2,1-2H3,(H,15,17)(H,18,19). The summed E-state index contributed by atoms with van der Waals surface area (Å²) in [6.45, 7) is 0.387. The Hall–Kier alpha value is -1.79. The number of halogens is 1. The van der Waals surface area contributed by atoms with Gasteiger partial charge in [-0.25, -0.2) is 0 Å². The molecule has 0 aromatic heterocycles. The van der Waals surface area contributed by atoms with E-state index in [4.69, 9.17) is 21.4 Å². The highest BCUT2D eigenvalue weighted by Crippen LogP contribution is 2.27. The first-order valence-corrected chi connectivity index (χ1v) is 6.34. The van der Waals surface area contributed by atoms with Crippen molar-refractivity contribution in [2.75, 3.05) is 32.6 Å². The van der Waals surface area contributed by atoms with Crippen LogP contribution in [-0.2, 0) is 9.59 Å². The molecule has 1 aromatic rings. The van der Waals surface area contributed by atoms with Gasteiger partial charge in [0.2, 0.25) is 5.91 Å². The van der Waals surface area contributed by atoms with Gasteiger partial charge >= 0.3 is 5.97 Å². The molecule has 0 aliphatic heterocycles. The van der Waals surface area contributed by atoms with Crippen molar-refractivity contribution >= 4 is 29.2 Å². The first kappa shape index (κ1) is 16.3. The number of methoxy groups -OCH3 is 1. The van der Waals surface area contributed by atoms with E-state index in [1.54, 1.807) is 30.1 Å². The topological polar surface area (TPSA) is 78.9 Å². The van der Waals surface area contributed by atoms with Crippen LogP contribution in [0.5, 0.6) is 5.75 Å². The summed E-state index contributed by atoms with van der Waals surface area (Å²) in [7, 11) is 3.18. The van der Waals surface area contributed by atoms with Gasteiger partial charge < -0.3 is 15.2 Å². The van der Waals surface area contributed by atoms with E-state index in [9.17, 15) is 9.59 Å². The Morgan fingerprint density at radius 1 is 1.45 bits per heavy atom. The number of nitrogens with one attached hydrogen (secondary N) is 1. The molecule has 0 aliphatic rings. The van der Waals surface area contributed by atoms with E-state index in [1.807, 2.05) is 0 Å². The number of likely N-dealkylation sites (N-methyl/N-ethyl adjacent to an activating group) is 1. The second-order valence-electron chi connectivity index (χ2n) is 4.27. The lowest BCUT2D eigenvalue weighted by molar-refractivity contribution is -0.137. The number of hydrogen-bond donors (Lipinski definition) is 2. The SMILES string of the molecule is COc1ccc(Cl)cc1NC(=O)CN(C)CCC(=O)O. The molecular weight excluding hydrogens is 284 g/mol. The van der Waals surface area contributed by atoms with Crippen LogP contribution in [-0.4, -0.2) is 49.1 Å². The van der Waals surface area contributed by atoms with E-state index in [0.29, 0.717) is 23.0 Å². The van der Waals surface area contributed by atoms with Crippen LogP contribution in [0.25, 0.3) is 0 Å². The summed E-state index contributed by atoms with van der Waals surface area (Å²) in [6, 6.07) is 4.91. The average molecular weight is 301 g/mol. The lowest BCUT2D eigenvalue weighted by atomic mass is 10.3. The van der Waals surface area contributed by atoms with Crippen LogP contribution in [0.2, 0.25) is 5.02 Å². The van der Waals surface area contributed by atoms with Crippen molar-refractivity contribution in [2.45, 2.75) is 6.42 Å². The number of carboxylic acid groups (broad SMARTS) is 1. The Kier molecular flexibility index (Phi) is 6.27. The summed E-state index contributed by atoms with van der Waals surface area (Å²) in [6.07, 6.45) is -0.00966. The van der Waals surface area contributed by atoms with Crippen molar-refractivity contribution in [2.24, 2.45) is 0 Å². The maximum Gasteiger partial charge on any atom is 0.304 e. The molecular formula is C13H17ClN2O4. The predicted octanol–water partition coefficient (Wildman–Crippen LogP) is 1.69. The van der Waals surface area contributed by atoms with E-state index in [-0.39, 0.29) is 18.9 Å². The minimum Gasteiger partial charge on any atom is -0.495 e. The lowest BCUT2D eigenvalue weighted by Crippen LogP contribution is -2.31. The number of carbonyl (C=O) groups excluding carboxylic acids is 1. The zero-order valence-corrected chi connectivity index (χ0v) is 12.1. The molecule has 1 rings (SSSR count). The molecule has 6 nitrogen and oxygen atoms in total. The molecule has 0 saturated carbocycles. The Morgan fingerprint density at radius 2 is 2.15 bits per heavy atom. The molecule has 0 heterocycles. The maximum atomic E-state index is 11.8. The molecule has 0 fully saturated rings. The van der Waals surface area contributed by atoms with Gasteiger partial charge in [0.15, 0.2) is 0 Å². The average Bonchev–Trinajstić information content (AvgIpc) is 2.36. The van der Waals surface area contributed by atoms with Gasteiger partial charge in [-0.3, -0.25) is 14.5 Å². The van der Waals surface area contributed by atoms with Crippen LogP contribution < -0.4 is 10.1 Å². The van der Waals surface area contributed by atoms with Crippen LogP contribution in [0.3, 0.4) is 0 Å². The van der Waals surface area contributed by atoms with Gasteiger partial charge in [0.05, 0.1) is 25.8 Å². The Morgan fingerprint density at radius 3 is 2.75 bits per heavy atom. The van der Waals surface area contributed by atoms with Crippen LogP contribution in [0.1, 0.15) is 6.42 Å². The highest BCUT2D eigenvalue weighted by Gasteiger charge is 2.11. The van der Waals surface area contributed by atoms with Gasteiger partial charge in [-0.05, 0) is 25.2 Å². The highest BCUT2D eigenvalue weighted by molar-refractivity contribution is 6.31. The summed E-state index contributed by atoms with van der Waals surface area (Å²) < 4.78 is 5.12. The second kappa shape index (κ2) is 7.72. The van der Waals surface area contributed by atoms with Crippen molar-refractivity contribution in [1.82, 2.24) is 4.90 Å². The zero-order chi connectivity index (χ0) is 15.1. The van der Waals surface area contributed by atoms with Gasteiger partial charge in [-0.2, -0.15) is 0 Å². The minimum atomic E-state index is -0.895. The summed E-state index contributed by atoms with van der Waals surface area (Å²) in [5.74, 6) is -0.650. The zero-order valence-electron chi connectivity index (χ0n) is 11.4. The van der Waals surface area contributed by atoms with Crippen LogP contribution in [0.15, 0.2) is 18.2 Å². The van der Waals surface area contributed by atoms with Crippen molar-refractivity contribution < 1.29 is 19.4 Å². The fourth-order valence-corrected chi connectivity index (χ4v) is 1.75. The van der Waals surface area contributed by atoms with Crippen molar-refractivity contribution in [3.63, 3.8) is 0 Å². The number of ether oxygens (including phenoxy) is 1. The summed E-state index contributed by atoms with van der Waals surface area (Å²) in [5.41, 5.74) is 0.483. The molecule has 0 spiro atoms. The third-order valence-electron chi connectivity index (χ3n) is 2.56. The van der Waals surface area contributed by atoms with E-state index < -0.39 is 5.97 Å². The lowest BCUT2D eigenvalue weighted by Gasteiger charge is -2.16. The first-order chi connectivity index (χ1) is 9.42. The number of carboxylic acids is 1. The fourth-order valence-electron chi connectivity index (χ4n) is 1.58. The summed E-state index contributed by atoms with van der Waals surface area (Å²) >= 11 is 5.87. The molecule has 1 aromatic carbocycles. The van der Waals surface area contributed by atoms with Crippen molar-refractivity contribution in [1.29, 1.82) is 0 Å². The fraction of sp³-hybridized carbons (Fsp3) is 0.385. The third-order valence-corrected chi connectivity index (χ3v) is 2.79. The number of rotatable bonds is 7. The van der Waals surface area contributed by atoms with Gasteiger partial charge in [0.1, 0.15) is 5.75 Å². The van der Waals surface area contributed by atoms with Crippen molar-refractivity contribution in [3.8, 4) is 5.75 Å². The first-order valence-electron chi connectivity index (χ1n) is 5.96. The number of hydrogen-bond acceptors (Lipinski definition) is 4. The van der Waals surface area contributed by atoms with Gasteiger partial charge in [0, 0.05) is 11.6 Å². The second-order valence-corrected chi connectivity index (χ2v) is 4.71. The number of benzene rings is 1.